The summed E-state index contributed by atoms with van der Waals surface area (Å²) < 4.78 is 0. The van der Waals surface area contributed by atoms with E-state index < -0.39 is 0 Å². The van der Waals surface area contributed by atoms with Crippen LogP contribution in [0.3, 0.4) is 0 Å². The Labute approximate surface area is 309 Å². The Balaban J connectivity index is 0.954. The number of rotatable bonds is 3. The van der Waals surface area contributed by atoms with E-state index in [1.807, 2.05) is 0 Å². The van der Waals surface area contributed by atoms with Crippen LogP contribution in [0, 0.1) is 0 Å². The maximum atomic E-state index is 3.93. The minimum atomic E-state index is -0.0212. The van der Waals surface area contributed by atoms with Crippen molar-refractivity contribution in [2.45, 2.75) is 31.5 Å². The number of hydrogen-bond donors (Lipinski definition) is 2. The summed E-state index contributed by atoms with van der Waals surface area (Å²) in [6.07, 6.45) is 9.08. The summed E-state index contributed by atoms with van der Waals surface area (Å²) in [4.78, 5) is 0. The molecule has 0 amide bonds. The summed E-state index contributed by atoms with van der Waals surface area (Å²) in [5, 5.41) is 18.2. The summed E-state index contributed by atoms with van der Waals surface area (Å²) in [7, 11) is 0. The molecule has 8 aromatic rings. The number of dihydropyridines is 1. The molecular weight excluding hydrogens is 641 g/mol. The number of hydrogen-bond acceptors (Lipinski definition) is 2. The molecule has 1 aliphatic carbocycles. The highest BCUT2D eigenvalue weighted by atomic mass is 15.2. The van der Waals surface area contributed by atoms with Crippen LogP contribution in [-0.4, -0.2) is 6.17 Å². The van der Waals surface area contributed by atoms with Gasteiger partial charge in [0.15, 0.2) is 0 Å². The molecule has 2 atom stereocenters. The van der Waals surface area contributed by atoms with E-state index in [0.717, 1.165) is 5.70 Å². The van der Waals surface area contributed by atoms with Gasteiger partial charge in [-0.2, -0.15) is 0 Å². The van der Waals surface area contributed by atoms with Crippen LogP contribution in [0.2, 0.25) is 0 Å². The molecule has 0 radical (unpaired) electrons. The van der Waals surface area contributed by atoms with Crippen molar-refractivity contribution in [3.8, 4) is 22.3 Å². The van der Waals surface area contributed by atoms with E-state index in [2.05, 4.69) is 194 Å². The van der Waals surface area contributed by atoms with Crippen LogP contribution in [-0.2, 0) is 5.41 Å². The van der Waals surface area contributed by atoms with Gasteiger partial charge in [-0.3, -0.25) is 5.32 Å². The van der Waals surface area contributed by atoms with Crippen LogP contribution in [0.1, 0.15) is 42.1 Å². The largest absolute Gasteiger partial charge is 0.365 e. The predicted octanol–water partition coefficient (Wildman–Crippen LogP) is 12.4. The molecular formula is C51H38N2. The molecule has 0 aromatic heterocycles. The molecule has 0 bridgehead atoms. The van der Waals surface area contributed by atoms with Crippen molar-refractivity contribution in [2.75, 3.05) is 0 Å². The van der Waals surface area contributed by atoms with Gasteiger partial charge in [0.2, 0.25) is 0 Å². The van der Waals surface area contributed by atoms with Crippen LogP contribution in [0.15, 0.2) is 175 Å². The first-order chi connectivity index (χ1) is 26.0. The maximum Gasteiger partial charge on any atom is 0.104 e. The highest BCUT2D eigenvalue weighted by Crippen LogP contribution is 2.49. The van der Waals surface area contributed by atoms with Crippen molar-refractivity contribution in [1.82, 2.24) is 10.6 Å². The molecule has 2 aliphatic heterocycles. The fraction of sp³-hybridized carbons (Fsp3) is 0.0980. The van der Waals surface area contributed by atoms with Crippen LogP contribution in [0.25, 0.3) is 71.0 Å². The van der Waals surface area contributed by atoms with Crippen LogP contribution >= 0.6 is 0 Å². The van der Waals surface area contributed by atoms with Crippen LogP contribution < -0.4 is 10.6 Å². The highest BCUT2D eigenvalue weighted by molar-refractivity contribution is 6.33. The van der Waals surface area contributed by atoms with Crippen molar-refractivity contribution >= 4 is 48.8 Å². The Morgan fingerprint density at radius 2 is 1.13 bits per heavy atom. The molecule has 0 saturated carbocycles. The molecule has 0 saturated heterocycles. The van der Waals surface area contributed by atoms with Gasteiger partial charge in [0, 0.05) is 11.1 Å². The lowest BCUT2D eigenvalue weighted by molar-refractivity contribution is 0.485. The number of fused-ring (bicyclic) bond motifs is 12. The molecule has 252 valence electrons. The van der Waals surface area contributed by atoms with Gasteiger partial charge in [-0.1, -0.05) is 166 Å². The van der Waals surface area contributed by atoms with Crippen molar-refractivity contribution in [3.05, 3.63) is 198 Å². The van der Waals surface area contributed by atoms with Gasteiger partial charge in [-0.25, -0.2) is 0 Å². The average molecular weight is 679 g/mol. The average Bonchev–Trinajstić information content (AvgIpc) is 3.45. The van der Waals surface area contributed by atoms with E-state index in [4.69, 9.17) is 0 Å². The zero-order valence-electron chi connectivity index (χ0n) is 29.8. The van der Waals surface area contributed by atoms with Crippen LogP contribution in [0.4, 0.5) is 0 Å². The Morgan fingerprint density at radius 3 is 1.94 bits per heavy atom. The Hall–Kier alpha value is -6.22. The van der Waals surface area contributed by atoms with Gasteiger partial charge < -0.3 is 5.32 Å². The van der Waals surface area contributed by atoms with Gasteiger partial charge in [0.25, 0.3) is 0 Å². The lowest BCUT2D eigenvalue weighted by Crippen LogP contribution is -2.46. The first-order valence-corrected chi connectivity index (χ1v) is 18.8. The second kappa shape index (κ2) is 11.4. The molecule has 2 nitrogen and oxygen atoms in total. The molecule has 2 heteroatoms. The minimum absolute atomic E-state index is 0.00765. The quantitative estimate of drug-likeness (QED) is 0.182. The van der Waals surface area contributed by atoms with Gasteiger partial charge in [-0.15, -0.1) is 0 Å². The fourth-order valence-electron chi connectivity index (χ4n) is 9.46. The third-order valence-electron chi connectivity index (χ3n) is 12.1. The standard InChI is InChI=1S/C51H38N2/c1-51(2)45-21-10-9-18-39(45)40-25-22-34(29-46(40)51)48-27-24-31-23-26-47(52-50(31)53-48)33-13-11-12-32(28-33)43-30-44-37-16-4-3-14-35(37)36-15-5-7-19-41(36)49(44)42-20-8-6-17-38(42)43/h3-30,48,50,52-53H,1-2H3. The summed E-state index contributed by atoms with van der Waals surface area (Å²) in [5.41, 5.74) is 12.8. The Morgan fingerprint density at radius 1 is 0.491 bits per heavy atom. The smallest absolute Gasteiger partial charge is 0.104 e. The molecule has 0 fully saturated rings. The van der Waals surface area contributed by atoms with Crippen LogP contribution in [0.5, 0.6) is 0 Å². The normalized spacial score (nSPS) is 18.4. The van der Waals surface area contributed by atoms with Gasteiger partial charge in [-0.05, 0) is 111 Å². The summed E-state index contributed by atoms with van der Waals surface area (Å²) in [5.74, 6) is 0. The zero-order valence-corrected chi connectivity index (χ0v) is 29.8. The highest BCUT2D eigenvalue weighted by Gasteiger charge is 2.36. The van der Waals surface area contributed by atoms with Gasteiger partial charge >= 0.3 is 0 Å². The predicted molar refractivity (Wildman–Crippen MR) is 224 cm³/mol. The van der Waals surface area contributed by atoms with E-state index >= 15 is 0 Å². The van der Waals surface area contributed by atoms with E-state index in [0.29, 0.717) is 0 Å². The zero-order chi connectivity index (χ0) is 35.3. The third kappa shape index (κ3) is 4.56. The Bertz CT molecular complexity index is 2940. The molecule has 2 unspecified atom stereocenters. The fourth-order valence-corrected chi connectivity index (χ4v) is 9.46. The Kier molecular flexibility index (Phi) is 6.53. The monoisotopic (exact) mass is 678 g/mol. The van der Waals surface area contributed by atoms with Crippen molar-refractivity contribution in [1.29, 1.82) is 0 Å². The van der Waals surface area contributed by atoms with E-state index in [9.17, 15) is 0 Å². The van der Waals surface area contributed by atoms with Crippen molar-refractivity contribution in [3.63, 3.8) is 0 Å². The summed E-state index contributed by atoms with van der Waals surface area (Å²) in [6.45, 7) is 4.70. The topological polar surface area (TPSA) is 24.1 Å². The van der Waals surface area contributed by atoms with E-state index in [1.165, 1.54) is 93.2 Å². The van der Waals surface area contributed by atoms with Crippen molar-refractivity contribution < 1.29 is 0 Å². The molecule has 2 N–H and O–H groups in total. The maximum absolute atomic E-state index is 3.93. The molecule has 2 heterocycles. The van der Waals surface area contributed by atoms with Crippen molar-refractivity contribution in [2.24, 2.45) is 0 Å². The lowest BCUT2D eigenvalue weighted by atomic mass is 9.81. The van der Waals surface area contributed by atoms with Gasteiger partial charge in [0.1, 0.15) is 6.17 Å². The molecule has 53 heavy (non-hydrogen) atoms. The van der Waals surface area contributed by atoms with Gasteiger partial charge in [0.05, 0.1) is 6.04 Å². The number of nitrogens with one attached hydrogen (secondary N) is 2. The molecule has 11 rings (SSSR count). The first kappa shape index (κ1) is 30.4. The first-order valence-electron chi connectivity index (χ1n) is 18.8. The second-order valence-corrected chi connectivity index (χ2v) is 15.4. The number of allylic oxidation sites excluding steroid dienone is 2. The molecule has 8 aromatic carbocycles. The SMILES string of the molecule is CC1(C)c2ccccc2-c2ccc(C3C=CC4=CC=C(c5cccc(-c6cc7c8ccccc8c8ccccc8c7c7ccccc67)c5)NC4N3)cc21. The summed E-state index contributed by atoms with van der Waals surface area (Å²) in [6, 6.07) is 54.1. The van der Waals surface area contributed by atoms with E-state index in [1.54, 1.807) is 0 Å². The summed E-state index contributed by atoms with van der Waals surface area (Å²) >= 11 is 0. The third-order valence-corrected chi connectivity index (χ3v) is 12.1. The lowest BCUT2D eigenvalue weighted by Gasteiger charge is -2.34. The molecule has 0 spiro atoms. The number of benzene rings is 8. The minimum Gasteiger partial charge on any atom is -0.365 e. The van der Waals surface area contributed by atoms with E-state index in [-0.39, 0.29) is 17.6 Å². The second-order valence-electron chi connectivity index (χ2n) is 15.4. The molecule has 3 aliphatic rings.